The van der Waals surface area contributed by atoms with Crippen LogP contribution in [-0.2, 0) is 0 Å². The van der Waals surface area contributed by atoms with Crippen molar-refractivity contribution in [1.82, 2.24) is 0 Å². The third-order valence-corrected chi connectivity index (χ3v) is 3.05. The largest absolute Gasteiger partial charge is 0.0991 e. The fourth-order valence-electron chi connectivity index (χ4n) is 1.37. The average Bonchev–Trinajstić information content (AvgIpc) is 2.37. The lowest BCUT2D eigenvalue weighted by atomic mass is 10.0. The van der Waals surface area contributed by atoms with E-state index in [-0.39, 0.29) is 0 Å². The minimum absolute atomic E-state index is 0.978. The molecule has 0 aromatic rings. The maximum absolute atomic E-state index is 4.01. The standard InChI is InChI=1S/C16H21Br.C2H6/c1-7-9-11-15(13(5)6)16(17)14(10-8-2)12(3)4;1-2/h7,9-11H,1,3,5,8H2,2,4,6H3;1-2H3/b11-9-,14-10+,16-15+;. The molecule has 0 aliphatic heterocycles. The molecule has 0 amide bonds. The van der Waals surface area contributed by atoms with Gasteiger partial charge in [-0.1, -0.05) is 70.4 Å². The highest BCUT2D eigenvalue weighted by atomic mass is 79.9. The van der Waals surface area contributed by atoms with Gasteiger partial charge in [0.25, 0.3) is 0 Å². The third-order valence-electron chi connectivity index (χ3n) is 2.20. The first-order chi connectivity index (χ1) is 8.95. The lowest BCUT2D eigenvalue weighted by molar-refractivity contribution is 1.19. The Hall–Kier alpha value is -1.08. The van der Waals surface area contributed by atoms with Gasteiger partial charge in [-0.05, 0) is 52.9 Å². The summed E-state index contributed by atoms with van der Waals surface area (Å²) in [5, 5.41) is 0. The Labute approximate surface area is 128 Å². The molecule has 19 heavy (non-hydrogen) atoms. The molecule has 0 atom stereocenters. The van der Waals surface area contributed by atoms with E-state index in [1.165, 1.54) is 0 Å². The van der Waals surface area contributed by atoms with Crippen molar-refractivity contribution >= 4 is 15.9 Å². The first-order valence-corrected chi connectivity index (χ1v) is 7.46. The van der Waals surface area contributed by atoms with Crippen molar-refractivity contribution in [3.63, 3.8) is 0 Å². The molecule has 0 radical (unpaired) electrons. The zero-order valence-electron chi connectivity index (χ0n) is 13.0. The molecule has 0 saturated heterocycles. The topological polar surface area (TPSA) is 0 Å². The van der Waals surface area contributed by atoms with Crippen LogP contribution in [0.4, 0.5) is 0 Å². The molecule has 0 nitrogen and oxygen atoms in total. The molecule has 0 fully saturated rings. The summed E-state index contributed by atoms with van der Waals surface area (Å²) < 4.78 is 1.04. The van der Waals surface area contributed by atoms with E-state index in [2.05, 4.69) is 48.7 Å². The number of hydrogen-bond acceptors (Lipinski definition) is 0. The maximum Gasteiger partial charge on any atom is 0.0321 e. The minimum Gasteiger partial charge on any atom is -0.0991 e. The average molecular weight is 323 g/mol. The molecule has 0 aromatic carbocycles. The van der Waals surface area contributed by atoms with E-state index in [4.69, 9.17) is 0 Å². The Morgan fingerprint density at radius 3 is 1.95 bits per heavy atom. The molecular weight excluding hydrogens is 296 g/mol. The van der Waals surface area contributed by atoms with E-state index in [1.54, 1.807) is 6.08 Å². The predicted octanol–water partition coefficient (Wildman–Crippen LogP) is 6.89. The Morgan fingerprint density at radius 2 is 1.63 bits per heavy atom. The van der Waals surface area contributed by atoms with E-state index < -0.39 is 0 Å². The van der Waals surface area contributed by atoms with Crippen LogP contribution < -0.4 is 0 Å². The zero-order chi connectivity index (χ0) is 15.4. The van der Waals surface area contributed by atoms with Crippen molar-refractivity contribution in [2.75, 3.05) is 0 Å². The fourth-order valence-corrected chi connectivity index (χ4v) is 2.34. The van der Waals surface area contributed by atoms with Gasteiger partial charge in [0.1, 0.15) is 0 Å². The fraction of sp³-hybridized carbons (Fsp3) is 0.333. The van der Waals surface area contributed by atoms with Crippen LogP contribution in [0.15, 0.2) is 70.8 Å². The monoisotopic (exact) mass is 322 g/mol. The van der Waals surface area contributed by atoms with Crippen LogP contribution >= 0.6 is 15.9 Å². The van der Waals surface area contributed by atoms with Crippen LogP contribution in [0.3, 0.4) is 0 Å². The van der Waals surface area contributed by atoms with Crippen LogP contribution in [0, 0.1) is 0 Å². The molecule has 1 heteroatoms. The highest BCUT2D eigenvalue weighted by molar-refractivity contribution is 9.12. The van der Waals surface area contributed by atoms with E-state index in [0.29, 0.717) is 0 Å². The molecule has 0 spiro atoms. The Morgan fingerprint density at radius 1 is 1.11 bits per heavy atom. The summed E-state index contributed by atoms with van der Waals surface area (Å²) in [6, 6.07) is 0. The van der Waals surface area contributed by atoms with Crippen molar-refractivity contribution < 1.29 is 0 Å². The second kappa shape index (κ2) is 12.0. The van der Waals surface area contributed by atoms with Crippen LogP contribution in [0.1, 0.15) is 41.0 Å². The summed E-state index contributed by atoms with van der Waals surface area (Å²) >= 11 is 3.65. The van der Waals surface area contributed by atoms with E-state index in [0.717, 1.165) is 33.2 Å². The van der Waals surface area contributed by atoms with Crippen molar-refractivity contribution in [3.8, 4) is 0 Å². The summed E-state index contributed by atoms with van der Waals surface area (Å²) in [7, 11) is 0. The van der Waals surface area contributed by atoms with Gasteiger partial charge >= 0.3 is 0 Å². The van der Waals surface area contributed by atoms with Crippen molar-refractivity contribution in [2.45, 2.75) is 41.0 Å². The number of halogens is 1. The molecular formula is C18H27Br. The van der Waals surface area contributed by atoms with Gasteiger partial charge in [0.05, 0.1) is 0 Å². The van der Waals surface area contributed by atoms with Gasteiger partial charge in [0.15, 0.2) is 0 Å². The highest BCUT2D eigenvalue weighted by Crippen LogP contribution is 2.30. The zero-order valence-corrected chi connectivity index (χ0v) is 14.6. The Balaban J connectivity index is 0. The normalized spacial score (nSPS) is 12.4. The number of allylic oxidation sites excluding steroid dienone is 9. The highest BCUT2D eigenvalue weighted by Gasteiger charge is 2.08. The van der Waals surface area contributed by atoms with Gasteiger partial charge in [-0.15, -0.1) is 0 Å². The first kappa shape index (κ1) is 20.2. The Kier molecular flexibility index (Phi) is 12.8. The summed E-state index contributed by atoms with van der Waals surface area (Å²) in [4.78, 5) is 0. The third kappa shape index (κ3) is 7.84. The summed E-state index contributed by atoms with van der Waals surface area (Å²) in [5.74, 6) is 0. The molecule has 106 valence electrons. The Bertz CT molecular complexity index is 403. The maximum atomic E-state index is 4.01. The molecule has 0 aliphatic rings. The molecule has 0 N–H and O–H groups in total. The molecule has 0 saturated carbocycles. The summed E-state index contributed by atoms with van der Waals surface area (Å²) in [6.45, 7) is 21.8. The van der Waals surface area contributed by atoms with E-state index in [9.17, 15) is 0 Å². The lowest BCUT2D eigenvalue weighted by Gasteiger charge is -2.11. The molecule has 0 rings (SSSR count). The van der Waals surface area contributed by atoms with Gasteiger partial charge in [0.2, 0.25) is 0 Å². The molecule has 0 aliphatic carbocycles. The molecule has 0 unspecified atom stereocenters. The summed E-state index contributed by atoms with van der Waals surface area (Å²) in [5.41, 5.74) is 4.27. The van der Waals surface area contributed by atoms with Gasteiger partial charge < -0.3 is 0 Å². The summed E-state index contributed by atoms with van der Waals surface area (Å²) in [6.07, 6.45) is 8.81. The smallest absolute Gasteiger partial charge is 0.0321 e. The lowest BCUT2D eigenvalue weighted by Crippen LogP contribution is -1.91. The number of hydrogen-bond donors (Lipinski definition) is 0. The molecule has 0 aromatic heterocycles. The first-order valence-electron chi connectivity index (χ1n) is 6.66. The van der Waals surface area contributed by atoms with Crippen molar-refractivity contribution in [1.29, 1.82) is 0 Å². The van der Waals surface area contributed by atoms with Crippen molar-refractivity contribution in [3.05, 3.63) is 70.8 Å². The second-order valence-electron chi connectivity index (χ2n) is 3.91. The van der Waals surface area contributed by atoms with Crippen LogP contribution in [0.2, 0.25) is 0 Å². The quantitative estimate of drug-likeness (QED) is 0.467. The van der Waals surface area contributed by atoms with Crippen LogP contribution in [0.5, 0.6) is 0 Å². The van der Waals surface area contributed by atoms with Crippen LogP contribution in [0.25, 0.3) is 0 Å². The minimum atomic E-state index is 0.978. The predicted molar refractivity (Wildman–Crippen MR) is 94.6 cm³/mol. The van der Waals surface area contributed by atoms with Gasteiger partial charge in [-0.25, -0.2) is 0 Å². The molecule has 0 bridgehead atoms. The SMILES string of the molecule is C=C\C=C/C(C(=C)C)=C(Br)/C(=C/CC)C(=C)C.CC. The number of rotatable bonds is 6. The van der Waals surface area contributed by atoms with Gasteiger partial charge in [0, 0.05) is 4.48 Å². The van der Waals surface area contributed by atoms with Crippen LogP contribution in [-0.4, -0.2) is 0 Å². The van der Waals surface area contributed by atoms with E-state index >= 15 is 0 Å². The molecule has 0 heterocycles. The second-order valence-corrected chi connectivity index (χ2v) is 4.70. The van der Waals surface area contributed by atoms with E-state index in [1.807, 2.05) is 39.8 Å². The van der Waals surface area contributed by atoms with Gasteiger partial charge in [-0.2, -0.15) is 0 Å². The van der Waals surface area contributed by atoms with Gasteiger partial charge in [-0.3, -0.25) is 0 Å². The van der Waals surface area contributed by atoms with Crippen molar-refractivity contribution in [2.24, 2.45) is 0 Å².